The number of anilines is 1. The number of esters is 1. The van der Waals surface area contributed by atoms with Crippen LogP contribution in [0.15, 0.2) is 42.7 Å². The van der Waals surface area contributed by atoms with E-state index in [-0.39, 0.29) is 16.7 Å². The minimum absolute atomic E-state index is 0.127. The van der Waals surface area contributed by atoms with Crippen LogP contribution in [0.25, 0.3) is 0 Å². The minimum Gasteiger partial charge on any atom is -0.423 e. The molecule has 0 fully saturated rings. The van der Waals surface area contributed by atoms with Crippen molar-refractivity contribution < 1.29 is 19.6 Å². The molecule has 0 saturated heterocycles. The lowest BCUT2D eigenvalue weighted by Crippen LogP contribution is -2.31. The van der Waals surface area contributed by atoms with Gasteiger partial charge in [0, 0.05) is 18.1 Å². The molecule has 19 heavy (non-hydrogen) atoms. The van der Waals surface area contributed by atoms with E-state index in [0.717, 1.165) is 0 Å². The lowest BCUT2D eigenvalue weighted by molar-refractivity contribution is 0.0735. The monoisotopic (exact) mass is 258 g/mol. The summed E-state index contributed by atoms with van der Waals surface area (Å²) in [4.78, 5) is 15.7. The number of hydrogen-bond donors (Lipinski definition) is 3. The third kappa shape index (κ3) is 3.31. The van der Waals surface area contributed by atoms with E-state index in [2.05, 4.69) is 4.98 Å². The Hall–Kier alpha value is -2.38. The maximum absolute atomic E-state index is 11.9. The van der Waals surface area contributed by atoms with Gasteiger partial charge in [0.2, 0.25) is 0 Å². The van der Waals surface area contributed by atoms with Crippen LogP contribution in [0.4, 0.5) is 5.69 Å². The van der Waals surface area contributed by atoms with E-state index >= 15 is 0 Å². The molecule has 0 saturated carbocycles. The Bertz CT molecular complexity index is 590. The molecule has 0 spiro atoms. The van der Waals surface area contributed by atoms with Gasteiger partial charge in [-0.3, -0.25) is 4.98 Å². The summed E-state index contributed by atoms with van der Waals surface area (Å²) in [6, 6.07) is 7.14. The van der Waals surface area contributed by atoms with E-state index in [4.69, 9.17) is 20.5 Å². The molecule has 0 amide bonds. The number of carbonyl (C=O) groups excluding carboxylic acids is 1. The number of carbonyl (C=O) groups is 1. The minimum atomic E-state index is -1.70. The topological polar surface area (TPSA) is 106 Å². The van der Waals surface area contributed by atoms with Crippen LogP contribution in [0.5, 0.6) is 5.75 Å². The van der Waals surface area contributed by atoms with Gasteiger partial charge in [-0.25, -0.2) is 4.79 Å². The summed E-state index contributed by atoms with van der Waals surface area (Å²) in [7, 11) is -1.70. The Morgan fingerprint density at radius 2 is 1.89 bits per heavy atom. The van der Waals surface area contributed by atoms with Crippen molar-refractivity contribution in [2.45, 2.75) is 0 Å². The molecule has 4 N–H and O–H groups in total. The van der Waals surface area contributed by atoms with E-state index in [1.807, 2.05) is 0 Å². The molecule has 96 valence electrons. The molecule has 1 aromatic carbocycles. The number of rotatable bonds is 3. The maximum atomic E-state index is 11.9. The number of nitrogen functional groups attached to an aromatic ring is 1. The average molecular weight is 258 g/mol. The third-order valence-corrected chi connectivity index (χ3v) is 2.37. The number of ether oxygens (including phenoxy) is 1. The van der Waals surface area contributed by atoms with Crippen LogP contribution in [0.2, 0.25) is 0 Å². The van der Waals surface area contributed by atoms with Gasteiger partial charge >= 0.3 is 13.1 Å². The molecule has 2 rings (SSSR count). The molecule has 0 radical (unpaired) electrons. The van der Waals surface area contributed by atoms with Crippen molar-refractivity contribution in [1.82, 2.24) is 4.98 Å². The standard InChI is InChI=1S/C12H11BN2O4/c14-10-6-8(5-9(7-10)13(17)18)12(16)19-11-1-3-15-4-2-11/h1-7,17-18H,14H2. The van der Waals surface area contributed by atoms with Crippen LogP contribution in [-0.2, 0) is 0 Å². The largest absolute Gasteiger partial charge is 0.488 e. The molecule has 6 nitrogen and oxygen atoms in total. The van der Waals surface area contributed by atoms with Gasteiger partial charge in [-0.05, 0) is 35.8 Å². The van der Waals surface area contributed by atoms with Gasteiger partial charge in [-0.15, -0.1) is 0 Å². The Balaban J connectivity index is 2.24. The molecule has 1 aromatic heterocycles. The van der Waals surface area contributed by atoms with Gasteiger partial charge in [-0.1, -0.05) is 0 Å². The van der Waals surface area contributed by atoms with Crippen molar-refractivity contribution in [3.05, 3.63) is 48.3 Å². The first-order valence-corrected chi connectivity index (χ1v) is 5.45. The fourth-order valence-electron chi connectivity index (χ4n) is 1.52. The van der Waals surface area contributed by atoms with Crippen LogP contribution < -0.4 is 15.9 Å². The zero-order chi connectivity index (χ0) is 13.8. The lowest BCUT2D eigenvalue weighted by atomic mass is 9.79. The van der Waals surface area contributed by atoms with E-state index in [1.54, 1.807) is 0 Å². The highest BCUT2D eigenvalue weighted by molar-refractivity contribution is 6.58. The maximum Gasteiger partial charge on any atom is 0.488 e. The van der Waals surface area contributed by atoms with Gasteiger partial charge < -0.3 is 20.5 Å². The Morgan fingerprint density at radius 3 is 2.53 bits per heavy atom. The molecule has 0 aliphatic heterocycles. The van der Waals surface area contributed by atoms with Crippen LogP contribution in [0, 0.1) is 0 Å². The van der Waals surface area contributed by atoms with Crippen LogP contribution in [-0.4, -0.2) is 28.1 Å². The number of nitrogens with zero attached hydrogens (tertiary/aromatic N) is 1. The summed E-state index contributed by atoms with van der Waals surface area (Å²) in [5, 5.41) is 18.2. The summed E-state index contributed by atoms with van der Waals surface area (Å²) >= 11 is 0. The zero-order valence-corrected chi connectivity index (χ0v) is 9.85. The fourth-order valence-corrected chi connectivity index (χ4v) is 1.52. The Morgan fingerprint density at radius 1 is 1.21 bits per heavy atom. The zero-order valence-electron chi connectivity index (χ0n) is 9.85. The molecular formula is C12H11BN2O4. The quantitative estimate of drug-likeness (QED) is 0.391. The smallest absolute Gasteiger partial charge is 0.423 e. The van der Waals surface area contributed by atoms with Crippen molar-refractivity contribution >= 4 is 24.2 Å². The first-order valence-electron chi connectivity index (χ1n) is 5.45. The second kappa shape index (κ2) is 5.51. The predicted molar refractivity (Wildman–Crippen MR) is 69.9 cm³/mol. The summed E-state index contributed by atoms with van der Waals surface area (Å²) in [6.07, 6.45) is 2.98. The molecule has 0 unspecified atom stereocenters. The summed E-state index contributed by atoms with van der Waals surface area (Å²) < 4.78 is 5.09. The van der Waals surface area contributed by atoms with Gasteiger partial charge in [0.1, 0.15) is 5.75 Å². The molecular weight excluding hydrogens is 247 g/mol. The first-order chi connectivity index (χ1) is 9.06. The van der Waals surface area contributed by atoms with Crippen molar-refractivity contribution in [3.8, 4) is 5.75 Å². The van der Waals surface area contributed by atoms with E-state index < -0.39 is 13.1 Å². The summed E-state index contributed by atoms with van der Waals surface area (Å²) in [6.45, 7) is 0. The van der Waals surface area contributed by atoms with E-state index in [0.29, 0.717) is 5.75 Å². The molecule has 0 aliphatic rings. The normalized spacial score (nSPS) is 10.0. The van der Waals surface area contributed by atoms with E-state index in [9.17, 15) is 4.79 Å². The Labute approximate surface area is 109 Å². The second-order valence-corrected chi connectivity index (χ2v) is 3.83. The van der Waals surface area contributed by atoms with Crippen LogP contribution in [0.1, 0.15) is 10.4 Å². The summed E-state index contributed by atoms with van der Waals surface area (Å²) in [5.41, 5.74) is 6.10. The van der Waals surface area contributed by atoms with Crippen LogP contribution >= 0.6 is 0 Å². The third-order valence-electron chi connectivity index (χ3n) is 2.37. The predicted octanol–water partition coefficient (Wildman–Crippen LogP) is -0.437. The molecule has 7 heteroatoms. The number of hydrogen-bond acceptors (Lipinski definition) is 6. The number of nitrogens with two attached hydrogens (primary N) is 1. The number of aromatic nitrogens is 1. The molecule has 0 atom stereocenters. The van der Waals surface area contributed by atoms with Crippen molar-refractivity contribution in [1.29, 1.82) is 0 Å². The van der Waals surface area contributed by atoms with Gasteiger partial charge in [0.25, 0.3) is 0 Å². The van der Waals surface area contributed by atoms with Gasteiger partial charge in [0.05, 0.1) is 5.56 Å². The van der Waals surface area contributed by atoms with Crippen molar-refractivity contribution in [2.24, 2.45) is 0 Å². The first kappa shape index (κ1) is 13.1. The van der Waals surface area contributed by atoms with Crippen molar-refractivity contribution in [2.75, 3.05) is 5.73 Å². The molecule has 1 heterocycles. The molecule has 2 aromatic rings. The molecule has 0 aliphatic carbocycles. The van der Waals surface area contributed by atoms with Crippen LogP contribution in [0.3, 0.4) is 0 Å². The number of benzene rings is 1. The SMILES string of the molecule is Nc1cc(B(O)O)cc(C(=O)Oc2ccncc2)c1. The average Bonchev–Trinajstić information content (AvgIpc) is 2.39. The van der Waals surface area contributed by atoms with Gasteiger partial charge in [-0.2, -0.15) is 0 Å². The fraction of sp³-hybridized carbons (Fsp3) is 0. The molecule has 0 bridgehead atoms. The summed E-state index contributed by atoms with van der Waals surface area (Å²) in [5.74, 6) is -0.297. The highest BCUT2D eigenvalue weighted by Gasteiger charge is 2.16. The van der Waals surface area contributed by atoms with E-state index in [1.165, 1.54) is 42.7 Å². The second-order valence-electron chi connectivity index (χ2n) is 3.83. The van der Waals surface area contributed by atoms with Crippen molar-refractivity contribution in [3.63, 3.8) is 0 Å². The van der Waals surface area contributed by atoms with Gasteiger partial charge in [0.15, 0.2) is 0 Å². The Kier molecular flexibility index (Phi) is 3.79. The number of pyridine rings is 1. The highest BCUT2D eigenvalue weighted by atomic mass is 16.5. The lowest BCUT2D eigenvalue weighted by Gasteiger charge is -2.07. The highest BCUT2D eigenvalue weighted by Crippen LogP contribution is 2.12.